The maximum absolute atomic E-state index is 11.9. The maximum atomic E-state index is 11.9. The Morgan fingerprint density at radius 2 is 1.86 bits per heavy atom. The van der Waals surface area contributed by atoms with Crippen LogP contribution in [-0.2, 0) is 16.0 Å². The molecule has 0 spiro atoms. The summed E-state index contributed by atoms with van der Waals surface area (Å²) in [6.07, 6.45) is -0.318. The number of methoxy groups -OCH3 is 1. The molecule has 6 nitrogen and oxygen atoms in total. The van der Waals surface area contributed by atoms with E-state index in [4.69, 9.17) is 9.47 Å². The number of nitrogens with zero attached hydrogens (tertiary/aromatic N) is 1. The standard InChI is InChI=1S/C16H24N2O4/c1-16(2,3)22-15(20)17-12-9-11(7-8-13(12)21-6)10-14(19)18(4)5/h7-9H,10H2,1-6H3,(H,17,20). The number of likely N-dealkylation sites (N-methyl/N-ethyl adjacent to an activating group) is 1. The summed E-state index contributed by atoms with van der Waals surface area (Å²) in [4.78, 5) is 25.2. The first-order valence-electron chi connectivity index (χ1n) is 6.99. The van der Waals surface area contributed by atoms with E-state index in [9.17, 15) is 9.59 Å². The number of hydrogen-bond acceptors (Lipinski definition) is 4. The summed E-state index contributed by atoms with van der Waals surface area (Å²) in [5.74, 6) is 0.486. The van der Waals surface area contributed by atoms with Gasteiger partial charge in [0.25, 0.3) is 0 Å². The summed E-state index contributed by atoms with van der Waals surface area (Å²) < 4.78 is 10.4. The van der Waals surface area contributed by atoms with Crippen LogP contribution in [0.15, 0.2) is 18.2 Å². The highest BCUT2D eigenvalue weighted by Gasteiger charge is 2.18. The largest absolute Gasteiger partial charge is 0.495 e. The van der Waals surface area contributed by atoms with Gasteiger partial charge in [0.05, 0.1) is 19.2 Å². The minimum absolute atomic E-state index is 0.0200. The Bertz CT molecular complexity index is 548. The second-order valence-electron chi connectivity index (χ2n) is 6.13. The Hall–Kier alpha value is -2.24. The Balaban J connectivity index is 2.92. The van der Waals surface area contributed by atoms with Crippen LogP contribution in [-0.4, -0.2) is 43.7 Å². The van der Waals surface area contributed by atoms with Crippen molar-refractivity contribution in [2.45, 2.75) is 32.8 Å². The van der Waals surface area contributed by atoms with Gasteiger partial charge in [0.15, 0.2) is 0 Å². The molecule has 1 aromatic carbocycles. The van der Waals surface area contributed by atoms with Crippen LogP contribution >= 0.6 is 0 Å². The van der Waals surface area contributed by atoms with Crippen molar-refractivity contribution in [3.63, 3.8) is 0 Å². The van der Waals surface area contributed by atoms with Crippen LogP contribution in [0.5, 0.6) is 5.75 Å². The zero-order chi connectivity index (χ0) is 16.9. The molecule has 122 valence electrons. The van der Waals surface area contributed by atoms with Crippen LogP contribution < -0.4 is 10.1 Å². The van der Waals surface area contributed by atoms with Crippen molar-refractivity contribution in [2.75, 3.05) is 26.5 Å². The minimum atomic E-state index is -0.587. The van der Waals surface area contributed by atoms with Crippen LogP contribution in [0.1, 0.15) is 26.3 Å². The topological polar surface area (TPSA) is 67.9 Å². The average Bonchev–Trinajstić information content (AvgIpc) is 2.36. The highest BCUT2D eigenvalue weighted by atomic mass is 16.6. The molecule has 6 heteroatoms. The third-order valence-electron chi connectivity index (χ3n) is 2.75. The zero-order valence-corrected chi connectivity index (χ0v) is 14.0. The number of rotatable bonds is 4. The van der Waals surface area contributed by atoms with E-state index >= 15 is 0 Å². The van der Waals surface area contributed by atoms with Crippen LogP contribution in [0.4, 0.5) is 10.5 Å². The fourth-order valence-electron chi connectivity index (χ4n) is 1.71. The zero-order valence-electron chi connectivity index (χ0n) is 14.0. The Morgan fingerprint density at radius 1 is 1.23 bits per heavy atom. The van der Waals surface area contributed by atoms with Gasteiger partial charge in [-0.2, -0.15) is 0 Å². The summed E-state index contributed by atoms with van der Waals surface area (Å²) in [6, 6.07) is 5.22. The highest BCUT2D eigenvalue weighted by Crippen LogP contribution is 2.26. The predicted molar refractivity (Wildman–Crippen MR) is 85.2 cm³/mol. The van der Waals surface area contributed by atoms with Gasteiger partial charge in [-0.3, -0.25) is 10.1 Å². The molecule has 0 fully saturated rings. The van der Waals surface area contributed by atoms with Crippen molar-refractivity contribution in [3.05, 3.63) is 23.8 Å². The number of anilines is 1. The summed E-state index contributed by atoms with van der Waals surface area (Å²) in [5, 5.41) is 2.65. The van der Waals surface area contributed by atoms with Crippen LogP contribution in [0.25, 0.3) is 0 Å². The molecule has 2 amide bonds. The molecule has 0 saturated carbocycles. The molecule has 0 aliphatic carbocycles. The molecule has 0 aromatic heterocycles. The van der Waals surface area contributed by atoms with Crippen LogP contribution in [0, 0.1) is 0 Å². The van der Waals surface area contributed by atoms with Gasteiger partial charge in [-0.05, 0) is 38.5 Å². The van der Waals surface area contributed by atoms with Crippen LogP contribution in [0.3, 0.4) is 0 Å². The van der Waals surface area contributed by atoms with Gasteiger partial charge < -0.3 is 14.4 Å². The van der Waals surface area contributed by atoms with Gasteiger partial charge >= 0.3 is 6.09 Å². The van der Waals surface area contributed by atoms with E-state index in [1.165, 1.54) is 12.0 Å². The molecule has 1 N–H and O–H groups in total. The van der Waals surface area contributed by atoms with Gasteiger partial charge in [-0.25, -0.2) is 4.79 Å². The fraction of sp³-hybridized carbons (Fsp3) is 0.500. The third kappa shape index (κ3) is 5.63. The third-order valence-corrected chi connectivity index (χ3v) is 2.75. The number of benzene rings is 1. The normalized spacial score (nSPS) is 10.8. The second-order valence-corrected chi connectivity index (χ2v) is 6.13. The lowest BCUT2D eigenvalue weighted by atomic mass is 10.1. The lowest BCUT2D eigenvalue weighted by Crippen LogP contribution is -2.27. The molecule has 1 aromatic rings. The monoisotopic (exact) mass is 308 g/mol. The van der Waals surface area contributed by atoms with E-state index in [2.05, 4.69) is 5.32 Å². The molecule has 0 aliphatic heterocycles. The van der Waals surface area contributed by atoms with Crippen molar-refractivity contribution < 1.29 is 19.1 Å². The van der Waals surface area contributed by atoms with E-state index in [1.54, 1.807) is 53.1 Å². The van der Waals surface area contributed by atoms with E-state index in [1.807, 2.05) is 0 Å². The van der Waals surface area contributed by atoms with Crippen molar-refractivity contribution >= 4 is 17.7 Å². The van der Waals surface area contributed by atoms with E-state index in [0.717, 1.165) is 5.56 Å². The molecule has 0 unspecified atom stereocenters. The molecule has 0 radical (unpaired) electrons. The predicted octanol–water partition coefficient (Wildman–Crippen LogP) is 2.67. The van der Waals surface area contributed by atoms with E-state index in [0.29, 0.717) is 11.4 Å². The van der Waals surface area contributed by atoms with Crippen LogP contribution in [0.2, 0.25) is 0 Å². The molecule has 1 rings (SSSR count). The molecule has 0 aliphatic rings. The molecule has 22 heavy (non-hydrogen) atoms. The fourth-order valence-corrected chi connectivity index (χ4v) is 1.71. The number of nitrogens with one attached hydrogen (secondary N) is 1. The maximum Gasteiger partial charge on any atom is 0.412 e. The van der Waals surface area contributed by atoms with Gasteiger partial charge in [0, 0.05) is 14.1 Å². The van der Waals surface area contributed by atoms with Gasteiger partial charge in [0.1, 0.15) is 11.4 Å². The Morgan fingerprint density at radius 3 is 2.36 bits per heavy atom. The number of carbonyl (C=O) groups is 2. The Kier molecular flexibility index (Phi) is 5.79. The van der Waals surface area contributed by atoms with Gasteiger partial charge in [0.2, 0.25) is 5.91 Å². The summed E-state index contributed by atoms with van der Waals surface area (Å²) in [6.45, 7) is 5.36. The van der Waals surface area contributed by atoms with Crippen molar-refractivity contribution in [3.8, 4) is 5.75 Å². The van der Waals surface area contributed by atoms with Crippen molar-refractivity contribution in [1.82, 2.24) is 4.90 Å². The average molecular weight is 308 g/mol. The molecule has 0 atom stereocenters. The number of hydrogen-bond donors (Lipinski definition) is 1. The first-order chi connectivity index (χ1) is 10.1. The highest BCUT2D eigenvalue weighted by molar-refractivity contribution is 5.87. The molecule has 0 saturated heterocycles. The van der Waals surface area contributed by atoms with Gasteiger partial charge in [-0.15, -0.1) is 0 Å². The molecule has 0 bridgehead atoms. The number of amides is 2. The number of ether oxygens (including phenoxy) is 2. The SMILES string of the molecule is COc1ccc(CC(=O)N(C)C)cc1NC(=O)OC(C)(C)C. The van der Waals surface area contributed by atoms with Crippen molar-refractivity contribution in [2.24, 2.45) is 0 Å². The smallest absolute Gasteiger partial charge is 0.412 e. The van der Waals surface area contributed by atoms with Gasteiger partial charge in [-0.1, -0.05) is 6.07 Å². The summed E-state index contributed by atoms with van der Waals surface area (Å²) in [5.41, 5.74) is 0.668. The van der Waals surface area contributed by atoms with E-state index < -0.39 is 11.7 Å². The lowest BCUT2D eigenvalue weighted by molar-refractivity contribution is -0.127. The molecule has 0 heterocycles. The molecular formula is C16H24N2O4. The summed E-state index contributed by atoms with van der Waals surface area (Å²) >= 11 is 0. The minimum Gasteiger partial charge on any atom is -0.495 e. The first kappa shape index (κ1) is 17.8. The Labute approximate surface area is 131 Å². The first-order valence-corrected chi connectivity index (χ1v) is 6.99. The number of carbonyl (C=O) groups excluding carboxylic acids is 2. The summed E-state index contributed by atoms with van der Waals surface area (Å²) in [7, 11) is 4.91. The molecular weight excluding hydrogens is 284 g/mol. The van der Waals surface area contributed by atoms with Crippen molar-refractivity contribution in [1.29, 1.82) is 0 Å². The quantitative estimate of drug-likeness (QED) is 0.928. The second kappa shape index (κ2) is 7.15. The van der Waals surface area contributed by atoms with E-state index in [-0.39, 0.29) is 12.3 Å². The lowest BCUT2D eigenvalue weighted by Gasteiger charge is -2.20.